The zero-order valence-corrected chi connectivity index (χ0v) is 10.7. The van der Waals surface area contributed by atoms with Crippen molar-refractivity contribution in [2.24, 2.45) is 0 Å². The monoisotopic (exact) mass is 280 g/mol. The first-order valence-corrected chi connectivity index (χ1v) is 5.95. The molecule has 0 bridgehead atoms. The van der Waals surface area contributed by atoms with Crippen molar-refractivity contribution in [2.75, 3.05) is 12.4 Å². The van der Waals surface area contributed by atoms with E-state index in [1.165, 1.54) is 31.4 Å². The van der Waals surface area contributed by atoms with Crippen LogP contribution in [0.3, 0.4) is 0 Å². The highest BCUT2D eigenvalue weighted by Gasteiger charge is 2.36. The van der Waals surface area contributed by atoms with Gasteiger partial charge in [-0.1, -0.05) is 0 Å². The molecular weight excluding hydrogens is 267 g/mol. The summed E-state index contributed by atoms with van der Waals surface area (Å²) >= 11 is 0. The predicted octanol–water partition coefficient (Wildman–Crippen LogP) is 0.638. The third-order valence-electron chi connectivity index (χ3n) is 2.93. The van der Waals surface area contributed by atoms with Crippen molar-refractivity contribution in [3.05, 3.63) is 29.8 Å². The zero-order valence-electron chi connectivity index (χ0n) is 10.7. The Morgan fingerprint density at radius 2 is 2.00 bits per heavy atom. The molecule has 0 aromatic heterocycles. The molecule has 106 valence electrons. The smallest absolute Gasteiger partial charge is 0.337 e. The molecule has 1 heterocycles. The number of hydrogen-bond acceptors (Lipinski definition) is 4. The van der Waals surface area contributed by atoms with Crippen molar-refractivity contribution in [3.63, 3.8) is 0 Å². The average Bonchev–Trinajstić information content (AvgIpc) is 2.79. The van der Waals surface area contributed by atoms with Crippen LogP contribution in [0, 0.1) is 0 Å². The van der Waals surface area contributed by atoms with Gasteiger partial charge >= 0.3 is 5.97 Å². The van der Waals surface area contributed by atoms with E-state index in [2.05, 4.69) is 15.4 Å². The molecule has 6 nitrogen and oxygen atoms in total. The van der Waals surface area contributed by atoms with Crippen LogP contribution < -0.4 is 10.6 Å². The number of nitrogens with one attached hydrogen (secondary N) is 2. The molecule has 1 saturated heterocycles. The number of amides is 2. The molecule has 20 heavy (non-hydrogen) atoms. The summed E-state index contributed by atoms with van der Waals surface area (Å²) < 4.78 is 17.6. The second kappa shape index (κ2) is 5.68. The minimum absolute atomic E-state index is 0.176. The van der Waals surface area contributed by atoms with Crippen molar-refractivity contribution >= 4 is 23.5 Å². The molecule has 0 aliphatic carbocycles. The Balaban J connectivity index is 1.98. The predicted molar refractivity (Wildman–Crippen MR) is 67.9 cm³/mol. The fourth-order valence-electron chi connectivity index (χ4n) is 1.84. The maximum absolute atomic E-state index is 13.0. The molecule has 1 aliphatic rings. The van der Waals surface area contributed by atoms with Gasteiger partial charge in [-0.05, 0) is 24.3 Å². The lowest BCUT2D eigenvalue weighted by atomic mass is 10.1. The number of ether oxygens (including phenoxy) is 1. The van der Waals surface area contributed by atoms with Gasteiger partial charge in [0.1, 0.15) is 6.04 Å². The lowest BCUT2D eigenvalue weighted by Crippen LogP contribution is -2.37. The quantitative estimate of drug-likeness (QED) is 0.796. The number of carbonyl (C=O) groups is 3. The highest BCUT2D eigenvalue weighted by atomic mass is 19.1. The molecule has 0 unspecified atom stereocenters. The fourth-order valence-corrected chi connectivity index (χ4v) is 1.84. The lowest BCUT2D eigenvalue weighted by molar-refractivity contribution is -0.125. The van der Waals surface area contributed by atoms with Crippen LogP contribution in [-0.2, 0) is 14.3 Å². The van der Waals surface area contributed by atoms with Crippen molar-refractivity contribution in [3.8, 4) is 0 Å². The Kier molecular flexibility index (Phi) is 3.97. The topological polar surface area (TPSA) is 84.5 Å². The molecule has 0 radical (unpaired) electrons. The summed E-state index contributed by atoms with van der Waals surface area (Å²) in [6.07, 6.45) is -1.82. The van der Waals surface area contributed by atoms with E-state index in [-0.39, 0.29) is 6.42 Å². The molecule has 2 N–H and O–H groups in total. The van der Waals surface area contributed by atoms with E-state index >= 15 is 0 Å². The molecule has 7 heteroatoms. The van der Waals surface area contributed by atoms with Crippen LogP contribution in [0.2, 0.25) is 0 Å². The van der Waals surface area contributed by atoms with Crippen LogP contribution in [0.1, 0.15) is 16.8 Å². The third-order valence-corrected chi connectivity index (χ3v) is 2.93. The van der Waals surface area contributed by atoms with E-state index in [1.54, 1.807) is 0 Å². The van der Waals surface area contributed by atoms with Gasteiger partial charge in [0.05, 0.1) is 12.7 Å². The Morgan fingerprint density at radius 1 is 1.35 bits per heavy atom. The van der Waals surface area contributed by atoms with Crippen molar-refractivity contribution in [1.82, 2.24) is 5.32 Å². The summed E-state index contributed by atoms with van der Waals surface area (Å²) in [5.41, 5.74) is 0.794. The van der Waals surface area contributed by atoms with Crippen LogP contribution in [0.25, 0.3) is 0 Å². The minimum atomic E-state index is -1.65. The number of esters is 1. The molecule has 1 aromatic carbocycles. The number of rotatable bonds is 3. The van der Waals surface area contributed by atoms with Crippen LogP contribution in [0.4, 0.5) is 10.1 Å². The Bertz CT molecular complexity index is 544. The normalized spacial score (nSPS) is 21.2. The van der Waals surface area contributed by atoms with E-state index in [1.807, 2.05) is 0 Å². The number of alkyl halides is 1. The maximum atomic E-state index is 13.0. The first kappa shape index (κ1) is 14.0. The molecule has 2 amide bonds. The van der Waals surface area contributed by atoms with E-state index in [4.69, 9.17) is 0 Å². The van der Waals surface area contributed by atoms with Crippen molar-refractivity contribution in [1.29, 1.82) is 0 Å². The minimum Gasteiger partial charge on any atom is -0.465 e. The summed E-state index contributed by atoms with van der Waals surface area (Å²) in [6.45, 7) is 0. The fraction of sp³-hybridized carbons (Fsp3) is 0.308. The van der Waals surface area contributed by atoms with Crippen LogP contribution in [0.15, 0.2) is 24.3 Å². The maximum Gasteiger partial charge on any atom is 0.337 e. The number of benzene rings is 1. The van der Waals surface area contributed by atoms with Gasteiger partial charge in [-0.2, -0.15) is 0 Å². The second-order valence-electron chi connectivity index (χ2n) is 4.32. The van der Waals surface area contributed by atoms with Gasteiger partial charge in [0.15, 0.2) is 6.17 Å². The summed E-state index contributed by atoms with van der Waals surface area (Å²) in [5.74, 6) is -1.75. The van der Waals surface area contributed by atoms with E-state index in [0.717, 1.165) is 0 Å². The molecule has 0 spiro atoms. The second-order valence-corrected chi connectivity index (χ2v) is 4.32. The molecule has 2 rings (SSSR count). The van der Waals surface area contributed by atoms with Crippen LogP contribution in [0.5, 0.6) is 0 Å². The number of halogens is 1. The van der Waals surface area contributed by atoms with Gasteiger partial charge in [-0.15, -0.1) is 0 Å². The van der Waals surface area contributed by atoms with Gasteiger partial charge < -0.3 is 15.4 Å². The zero-order chi connectivity index (χ0) is 14.7. The summed E-state index contributed by atoms with van der Waals surface area (Å²) in [7, 11) is 1.27. The van der Waals surface area contributed by atoms with Gasteiger partial charge in [0, 0.05) is 12.1 Å². The van der Waals surface area contributed by atoms with Crippen LogP contribution in [-0.4, -0.2) is 37.1 Å². The highest BCUT2D eigenvalue weighted by molar-refractivity contribution is 6.00. The lowest BCUT2D eigenvalue weighted by Gasteiger charge is -2.10. The first-order chi connectivity index (χ1) is 9.51. The Labute approximate surface area is 114 Å². The summed E-state index contributed by atoms with van der Waals surface area (Å²) in [6, 6.07) is 5.15. The van der Waals surface area contributed by atoms with Gasteiger partial charge in [-0.3, -0.25) is 9.59 Å². The molecular formula is C13H13FN2O4. The van der Waals surface area contributed by atoms with Crippen molar-refractivity contribution < 1.29 is 23.5 Å². The van der Waals surface area contributed by atoms with E-state index < -0.39 is 30.0 Å². The van der Waals surface area contributed by atoms with Gasteiger partial charge in [-0.25, -0.2) is 9.18 Å². The number of hydrogen-bond donors (Lipinski definition) is 2. The standard InChI is InChI=1S/C13H13FN2O4/c1-20-13(19)7-2-4-8(5-3-7)15-12(18)10-6-9(14)11(17)16-10/h2-5,9-10H,6H2,1H3,(H,15,18)(H,16,17)/t9-,10-/m0/s1. The number of anilines is 1. The SMILES string of the molecule is COC(=O)c1ccc(NC(=O)[C@@H]2C[C@H](F)C(=O)N2)cc1. The Hall–Kier alpha value is -2.44. The third kappa shape index (κ3) is 2.93. The molecule has 1 aromatic rings. The average molecular weight is 280 g/mol. The number of carbonyl (C=O) groups excluding carboxylic acids is 3. The van der Waals surface area contributed by atoms with Crippen LogP contribution >= 0.6 is 0 Å². The van der Waals surface area contributed by atoms with E-state index in [0.29, 0.717) is 11.3 Å². The molecule has 0 saturated carbocycles. The molecule has 1 aliphatic heterocycles. The van der Waals surface area contributed by atoms with Gasteiger partial charge in [0.25, 0.3) is 5.91 Å². The molecule has 1 fully saturated rings. The summed E-state index contributed by atoms with van der Waals surface area (Å²) in [4.78, 5) is 34.0. The number of methoxy groups -OCH3 is 1. The highest BCUT2D eigenvalue weighted by Crippen LogP contribution is 2.15. The van der Waals surface area contributed by atoms with E-state index in [9.17, 15) is 18.8 Å². The Morgan fingerprint density at radius 3 is 2.50 bits per heavy atom. The van der Waals surface area contributed by atoms with Gasteiger partial charge in [0.2, 0.25) is 5.91 Å². The summed E-state index contributed by atoms with van der Waals surface area (Å²) in [5, 5.41) is 4.80. The van der Waals surface area contributed by atoms with Crippen molar-refractivity contribution in [2.45, 2.75) is 18.6 Å². The molecule has 2 atom stereocenters. The first-order valence-electron chi connectivity index (χ1n) is 5.95. The largest absolute Gasteiger partial charge is 0.465 e.